The smallest absolute Gasteiger partial charge is 0.338 e. The van der Waals surface area contributed by atoms with Gasteiger partial charge in [-0.2, -0.15) is 0 Å². The third-order valence-corrected chi connectivity index (χ3v) is 1.70. The third-order valence-electron chi connectivity index (χ3n) is 1.70. The standard InChI is InChI=1S/C10H10FNO4/c11-7-3-6(4-8(12)5-7)10(15)16-2-1-9(13)14/h3-5H,1-2,12H2,(H,13,14). The van der Waals surface area contributed by atoms with Gasteiger partial charge in [-0.25, -0.2) is 9.18 Å². The Kier molecular flexibility index (Phi) is 3.82. The molecular weight excluding hydrogens is 217 g/mol. The van der Waals surface area contributed by atoms with E-state index >= 15 is 0 Å². The fraction of sp³-hybridized carbons (Fsp3) is 0.200. The van der Waals surface area contributed by atoms with Crippen LogP contribution in [0, 0.1) is 5.82 Å². The Balaban J connectivity index is 2.62. The number of nitrogens with two attached hydrogens (primary N) is 1. The molecule has 6 heteroatoms. The number of carboxylic acids is 1. The summed E-state index contributed by atoms with van der Waals surface area (Å²) in [6, 6.07) is 3.29. The second kappa shape index (κ2) is 5.11. The predicted octanol–water partition coefficient (Wildman–Crippen LogP) is 1.04. The van der Waals surface area contributed by atoms with Crippen LogP contribution in [0.25, 0.3) is 0 Å². The number of carboxylic acid groups (broad SMARTS) is 1. The molecule has 0 amide bonds. The van der Waals surface area contributed by atoms with E-state index in [0.717, 1.165) is 12.1 Å². The van der Waals surface area contributed by atoms with Crippen molar-refractivity contribution in [1.29, 1.82) is 0 Å². The van der Waals surface area contributed by atoms with E-state index < -0.39 is 17.8 Å². The highest BCUT2D eigenvalue weighted by Gasteiger charge is 2.10. The molecule has 5 nitrogen and oxygen atoms in total. The molecular formula is C10H10FNO4. The summed E-state index contributed by atoms with van der Waals surface area (Å²) < 4.78 is 17.5. The van der Waals surface area contributed by atoms with Gasteiger partial charge in [0.2, 0.25) is 0 Å². The average Bonchev–Trinajstić information content (AvgIpc) is 2.15. The highest BCUT2D eigenvalue weighted by molar-refractivity contribution is 5.90. The van der Waals surface area contributed by atoms with E-state index in [1.807, 2.05) is 0 Å². The number of esters is 1. The molecule has 1 aromatic rings. The fourth-order valence-corrected chi connectivity index (χ4v) is 1.04. The number of hydrogen-bond acceptors (Lipinski definition) is 4. The monoisotopic (exact) mass is 227 g/mol. The van der Waals surface area contributed by atoms with Crippen LogP contribution in [0.2, 0.25) is 0 Å². The van der Waals surface area contributed by atoms with Crippen LogP contribution in [0.1, 0.15) is 16.8 Å². The maximum absolute atomic E-state index is 12.9. The van der Waals surface area contributed by atoms with E-state index in [-0.39, 0.29) is 24.3 Å². The molecule has 0 aliphatic heterocycles. The van der Waals surface area contributed by atoms with Crippen molar-refractivity contribution in [1.82, 2.24) is 0 Å². The van der Waals surface area contributed by atoms with Gasteiger partial charge in [0.1, 0.15) is 12.4 Å². The van der Waals surface area contributed by atoms with Gasteiger partial charge >= 0.3 is 11.9 Å². The van der Waals surface area contributed by atoms with Gasteiger partial charge in [0.25, 0.3) is 0 Å². The van der Waals surface area contributed by atoms with Gasteiger partial charge in [-0.15, -0.1) is 0 Å². The molecule has 0 aliphatic carbocycles. The first kappa shape index (κ1) is 12.0. The topological polar surface area (TPSA) is 89.6 Å². The lowest BCUT2D eigenvalue weighted by Crippen LogP contribution is -2.10. The minimum atomic E-state index is -1.08. The molecule has 0 bridgehead atoms. The molecule has 86 valence electrons. The Morgan fingerprint density at radius 3 is 2.62 bits per heavy atom. The molecule has 0 atom stereocenters. The van der Waals surface area contributed by atoms with Crippen LogP contribution in [0.4, 0.5) is 10.1 Å². The van der Waals surface area contributed by atoms with Crippen LogP contribution in [-0.4, -0.2) is 23.7 Å². The van der Waals surface area contributed by atoms with Crippen LogP contribution in [0.3, 0.4) is 0 Å². The number of rotatable bonds is 4. The van der Waals surface area contributed by atoms with Gasteiger partial charge in [0, 0.05) is 5.69 Å². The van der Waals surface area contributed by atoms with Crippen LogP contribution in [0.5, 0.6) is 0 Å². The lowest BCUT2D eigenvalue weighted by atomic mass is 10.2. The van der Waals surface area contributed by atoms with Crippen LogP contribution in [-0.2, 0) is 9.53 Å². The lowest BCUT2D eigenvalue weighted by molar-refractivity contribution is -0.137. The number of carbonyl (C=O) groups is 2. The van der Waals surface area contributed by atoms with Crippen molar-refractivity contribution in [2.75, 3.05) is 12.3 Å². The molecule has 0 radical (unpaired) electrons. The Labute approximate surface area is 90.6 Å². The SMILES string of the molecule is Nc1cc(F)cc(C(=O)OCCC(=O)O)c1. The van der Waals surface area contributed by atoms with Crippen LogP contribution < -0.4 is 5.73 Å². The first-order valence-corrected chi connectivity index (χ1v) is 4.44. The van der Waals surface area contributed by atoms with Crippen molar-refractivity contribution in [3.05, 3.63) is 29.6 Å². The average molecular weight is 227 g/mol. The number of hydrogen-bond donors (Lipinski definition) is 2. The highest BCUT2D eigenvalue weighted by atomic mass is 19.1. The Bertz CT molecular complexity index is 399. The lowest BCUT2D eigenvalue weighted by Gasteiger charge is -2.04. The summed E-state index contributed by atoms with van der Waals surface area (Å²) >= 11 is 0. The van der Waals surface area contributed by atoms with Crippen molar-refractivity contribution in [2.45, 2.75) is 6.42 Å². The van der Waals surface area contributed by atoms with Crippen molar-refractivity contribution < 1.29 is 23.8 Å². The number of ether oxygens (including phenoxy) is 1. The second-order valence-corrected chi connectivity index (χ2v) is 3.05. The van der Waals surface area contributed by atoms with Gasteiger partial charge in [0.15, 0.2) is 0 Å². The van der Waals surface area contributed by atoms with Crippen molar-refractivity contribution in [2.24, 2.45) is 0 Å². The van der Waals surface area contributed by atoms with Gasteiger partial charge in [-0.05, 0) is 18.2 Å². The van der Waals surface area contributed by atoms with E-state index in [0.29, 0.717) is 0 Å². The quantitative estimate of drug-likeness (QED) is 0.592. The Morgan fingerprint density at radius 1 is 1.38 bits per heavy atom. The van der Waals surface area contributed by atoms with E-state index in [2.05, 4.69) is 4.74 Å². The predicted molar refractivity (Wildman–Crippen MR) is 53.3 cm³/mol. The summed E-state index contributed by atoms with van der Waals surface area (Å²) in [4.78, 5) is 21.4. The van der Waals surface area contributed by atoms with Gasteiger partial charge < -0.3 is 15.6 Å². The van der Waals surface area contributed by atoms with Crippen molar-refractivity contribution in [3.63, 3.8) is 0 Å². The first-order chi connectivity index (χ1) is 7.49. The molecule has 0 aromatic heterocycles. The number of carbonyl (C=O) groups excluding carboxylic acids is 1. The van der Waals surface area contributed by atoms with Gasteiger partial charge in [-0.3, -0.25) is 4.79 Å². The number of anilines is 1. The molecule has 0 spiro atoms. The number of aliphatic carboxylic acids is 1. The highest BCUT2D eigenvalue weighted by Crippen LogP contribution is 2.11. The van der Waals surface area contributed by atoms with Gasteiger partial charge in [-0.1, -0.05) is 0 Å². The number of halogens is 1. The minimum absolute atomic E-state index is 0.0390. The zero-order chi connectivity index (χ0) is 12.1. The largest absolute Gasteiger partial charge is 0.481 e. The summed E-state index contributed by atoms with van der Waals surface area (Å²) in [5.41, 5.74) is 5.40. The fourth-order valence-electron chi connectivity index (χ4n) is 1.04. The van der Waals surface area contributed by atoms with E-state index in [1.54, 1.807) is 0 Å². The number of benzene rings is 1. The maximum Gasteiger partial charge on any atom is 0.338 e. The minimum Gasteiger partial charge on any atom is -0.481 e. The second-order valence-electron chi connectivity index (χ2n) is 3.05. The van der Waals surface area contributed by atoms with E-state index in [9.17, 15) is 14.0 Å². The molecule has 0 heterocycles. The maximum atomic E-state index is 12.9. The van der Waals surface area contributed by atoms with E-state index in [1.165, 1.54) is 6.07 Å². The summed E-state index contributed by atoms with van der Waals surface area (Å²) in [6.45, 7) is -0.259. The molecule has 0 aliphatic rings. The molecule has 0 saturated heterocycles. The van der Waals surface area contributed by atoms with Crippen LogP contribution in [0.15, 0.2) is 18.2 Å². The van der Waals surface area contributed by atoms with E-state index in [4.69, 9.17) is 10.8 Å². The third kappa shape index (κ3) is 3.56. The summed E-state index contributed by atoms with van der Waals surface area (Å²) in [5, 5.41) is 8.31. The molecule has 1 aromatic carbocycles. The Hall–Kier alpha value is -2.11. The van der Waals surface area contributed by atoms with Crippen LogP contribution >= 0.6 is 0 Å². The summed E-state index contributed by atoms with van der Waals surface area (Å²) in [7, 11) is 0. The molecule has 0 unspecified atom stereocenters. The normalized spacial score (nSPS) is 9.81. The van der Waals surface area contributed by atoms with Gasteiger partial charge in [0.05, 0.1) is 12.0 Å². The molecule has 0 fully saturated rings. The van der Waals surface area contributed by atoms with Crippen molar-refractivity contribution in [3.8, 4) is 0 Å². The summed E-state index contributed by atoms with van der Waals surface area (Å²) in [5.74, 6) is -2.52. The molecule has 1 rings (SSSR count). The zero-order valence-corrected chi connectivity index (χ0v) is 8.27. The molecule has 0 saturated carbocycles. The Morgan fingerprint density at radius 2 is 2.06 bits per heavy atom. The summed E-state index contributed by atoms with van der Waals surface area (Å²) in [6.07, 6.45) is -0.295. The molecule has 16 heavy (non-hydrogen) atoms. The van der Waals surface area contributed by atoms with Crippen molar-refractivity contribution >= 4 is 17.6 Å². The zero-order valence-electron chi connectivity index (χ0n) is 8.27. The number of nitrogen functional groups attached to an aromatic ring is 1. The molecule has 3 N–H and O–H groups in total. The first-order valence-electron chi connectivity index (χ1n) is 4.44.